The SMILES string of the molecule is CC1CCC(C)(NC(=O)C2CCC(N)C2)CC1.Cl. The number of carbonyl (C=O) groups is 1. The van der Waals surface area contributed by atoms with Gasteiger partial charge in [-0.2, -0.15) is 0 Å². The van der Waals surface area contributed by atoms with Crippen LogP contribution in [0.4, 0.5) is 0 Å². The lowest BCUT2D eigenvalue weighted by molar-refractivity contribution is -0.127. The highest BCUT2D eigenvalue weighted by Gasteiger charge is 2.35. The minimum atomic E-state index is 0. The average Bonchev–Trinajstić information content (AvgIpc) is 2.70. The summed E-state index contributed by atoms with van der Waals surface area (Å²) in [6.07, 6.45) is 7.57. The number of hydrogen-bond acceptors (Lipinski definition) is 2. The van der Waals surface area contributed by atoms with E-state index in [1.165, 1.54) is 12.8 Å². The predicted molar refractivity (Wildman–Crippen MR) is 76.7 cm³/mol. The summed E-state index contributed by atoms with van der Waals surface area (Å²) in [5.74, 6) is 1.23. The number of halogens is 1. The first kappa shape index (κ1) is 15.8. The van der Waals surface area contributed by atoms with Gasteiger partial charge in [-0.05, 0) is 57.8 Å². The average molecular weight is 275 g/mol. The van der Waals surface area contributed by atoms with E-state index in [0.29, 0.717) is 0 Å². The molecule has 18 heavy (non-hydrogen) atoms. The van der Waals surface area contributed by atoms with Crippen LogP contribution in [0.15, 0.2) is 0 Å². The summed E-state index contributed by atoms with van der Waals surface area (Å²) in [5.41, 5.74) is 5.91. The Labute approximate surface area is 117 Å². The van der Waals surface area contributed by atoms with Crippen LogP contribution in [0, 0.1) is 11.8 Å². The molecule has 4 heteroatoms. The van der Waals surface area contributed by atoms with Gasteiger partial charge in [0.15, 0.2) is 0 Å². The second-order valence-electron chi connectivity index (χ2n) is 6.50. The van der Waals surface area contributed by atoms with Gasteiger partial charge >= 0.3 is 0 Å². The Morgan fingerprint density at radius 2 is 1.83 bits per heavy atom. The van der Waals surface area contributed by atoms with Crippen molar-refractivity contribution in [2.75, 3.05) is 0 Å². The summed E-state index contributed by atoms with van der Waals surface area (Å²) in [5, 5.41) is 3.28. The van der Waals surface area contributed by atoms with Crippen molar-refractivity contribution in [3.8, 4) is 0 Å². The lowest BCUT2D eigenvalue weighted by atomic mass is 9.78. The normalized spacial score (nSPS) is 40.1. The van der Waals surface area contributed by atoms with E-state index in [-0.39, 0.29) is 35.8 Å². The molecule has 2 aliphatic rings. The van der Waals surface area contributed by atoms with Gasteiger partial charge in [-0.1, -0.05) is 6.92 Å². The fraction of sp³-hybridized carbons (Fsp3) is 0.929. The number of nitrogens with two attached hydrogens (primary N) is 1. The molecular weight excluding hydrogens is 248 g/mol. The fourth-order valence-corrected chi connectivity index (χ4v) is 3.18. The van der Waals surface area contributed by atoms with E-state index in [1.807, 2.05) is 0 Å². The molecule has 0 aliphatic heterocycles. The third kappa shape index (κ3) is 3.86. The van der Waals surface area contributed by atoms with Gasteiger partial charge in [-0.25, -0.2) is 0 Å². The first-order valence-corrected chi connectivity index (χ1v) is 7.06. The van der Waals surface area contributed by atoms with Gasteiger partial charge in [0.2, 0.25) is 5.91 Å². The van der Waals surface area contributed by atoms with Crippen molar-refractivity contribution in [2.45, 2.75) is 70.4 Å². The first-order chi connectivity index (χ1) is 7.98. The lowest BCUT2D eigenvalue weighted by Crippen LogP contribution is -2.50. The smallest absolute Gasteiger partial charge is 0.223 e. The Balaban J connectivity index is 0.00000162. The maximum atomic E-state index is 12.2. The van der Waals surface area contributed by atoms with Crippen LogP contribution >= 0.6 is 12.4 Å². The van der Waals surface area contributed by atoms with Crippen molar-refractivity contribution in [1.29, 1.82) is 0 Å². The first-order valence-electron chi connectivity index (χ1n) is 7.06. The number of amides is 1. The molecule has 0 saturated heterocycles. The molecule has 0 heterocycles. The van der Waals surface area contributed by atoms with Crippen molar-refractivity contribution in [2.24, 2.45) is 17.6 Å². The highest BCUT2D eigenvalue weighted by molar-refractivity contribution is 5.85. The zero-order chi connectivity index (χ0) is 12.5. The van der Waals surface area contributed by atoms with Gasteiger partial charge in [-0.15, -0.1) is 12.4 Å². The molecule has 0 aromatic carbocycles. The lowest BCUT2D eigenvalue weighted by Gasteiger charge is -2.37. The van der Waals surface area contributed by atoms with Gasteiger partial charge in [0.05, 0.1) is 0 Å². The van der Waals surface area contributed by atoms with Crippen LogP contribution in [0.3, 0.4) is 0 Å². The second kappa shape index (κ2) is 6.25. The Morgan fingerprint density at radius 3 is 2.33 bits per heavy atom. The van der Waals surface area contributed by atoms with E-state index < -0.39 is 0 Å². The van der Waals surface area contributed by atoms with Crippen LogP contribution in [0.5, 0.6) is 0 Å². The minimum Gasteiger partial charge on any atom is -0.351 e. The van der Waals surface area contributed by atoms with Gasteiger partial charge in [0.1, 0.15) is 0 Å². The monoisotopic (exact) mass is 274 g/mol. The molecule has 0 radical (unpaired) electrons. The molecule has 3 N–H and O–H groups in total. The van der Waals surface area contributed by atoms with Gasteiger partial charge in [-0.3, -0.25) is 4.79 Å². The topological polar surface area (TPSA) is 55.1 Å². The van der Waals surface area contributed by atoms with E-state index in [0.717, 1.165) is 38.0 Å². The molecule has 1 amide bonds. The largest absolute Gasteiger partial charge is 0.351 e. The van der Waals surface area contributed by atoms with Crippen LogP contribution < -0.4 is 11.1 Å². The summed E-state index contributed by atoms with van der Waals surface area (Å²) in [4.78, 5) is 12.2. The van der Waals surface area contributed by atoms with E-state index in [9.17, 15) is 4.79 Å². The van der Waals surface area contributed by atoms with E-state index in [4.69, 9.17) is 5.73 Å². The summed E-state index contributed by atoms with van der Waals surface area (Å²) in [6, 6.07) is 0.241. The Kier molecular flexibility index (Phi) is 5.47. The molecular formula is C14H27ClN2O. The van der Waals surface area contributed by atoms with Crippen LogP contribution in [0.1, 0.15) is 58.8 Å². The van der Waals surface area contributed by atoms with Gasteiger partial charge < -0.3 is 11.1 Å². The molecule has 3 nitrogen and oxygen atoms in total. The molecule has 0 aromatic rings. The van der Waals surface area contributed by atoms with Gasteiger partial charge in [0.25, 0.3) is 0 Å². The molecule has 2 saturated carbocycles. The Bertz CT molecular complexity index is 288. The van der Waals surface area contributed by atoms with Gasteiger partial charge in [0, 0.05) is 17.5 Å². The molecule has 2 rings (SSSR count). The zero-order valence-electron chi connectivity index (χ0n) is 11.6. The third-order valence-corrected chi connectivity index (χ3v) is 4.65. The van der Waals surface area contributed by atoms with E-state index in [2.05, 4.69) is 19.2 Å². The molecule has 0 spiro atoms. The summed E-state index contributed by atoms with van der Waals surface area (Å²) in [6.45, 7) is 4.50. The van der Waals surface area contributed by atoms with Crippen molar-refractivity contribution >= 4 is 18.3 Å². The van der Waals surface area contributed by atoms with Crippen molar-refractivity contribution in [3.63, 3.8) is 0 Å². The van der Waals surface area contributed by atoms with Crippen LogP contribution in [-0.2, 0) is 4.79 Å². The maximum Gasteiger partial charge on any atom is 0.223 e. The van der Waals surface area contributed by atoms with E-state index in [1.54, 1.807) is 0 Å². The van der Waals surface area contributed by atoms with E-state index >= 15 is 0 Å². The van der Waals surface area contributed by atoms with Crippen LogP contribution in [0.2, 0.25) is 0 Å². The summed E-state index contributed by atoms with van der Waals surface area (Å²) < 4.78 is 0. The Morgan fingerprint density at radius 1 is 1.22 bits per heavy atom. The third-order valence-electron chi connectivity index (χ3n) is 4.65. The zero-order valence-corrected chi connectivity index (χ0v) is 12.4. The minimum absolute atomic E-state index is 0. The maximum absolute atomic E-state index is 12.2. The molecule has 2 unspecified atom stereocenters. The molecule has 2 aliphatic carbocycles. The molecule has 0 bridgehead atoms. The molecule has 106 valence electrons. The number of rotatable bonds is 2. The Hall–Kier alpha value is -0.280. The quantitative estimate of drug-likeness (QED) is 0.813. The summed E-state index contributed by atoms with van der Waals surface area (Å²) >= 11 is 0. The van der Waals surface area contributed by atoms with Crippen molar-refractivity contribution in [3.05, 3.63) is 0 Å². The number of nitrogens with one attached hydrogen (secondary N) is 1. The fourth-order valence-electron chi connectivity index (χ4n) is 3.18. The number of hydrogen-bond donors (Lipinski definition) is 2. The molecule has 2 fully saturated rings. The molecule has 2 atom stereocenters. The molecule has 0 aromatic heterocycles. The highest BCUT2D eigenvalue weighted by Crippen LogP contribution is 2.32. The van der Waals surface area contributed by atoms with Crippen molar-refractivity contribution < 1.29 is 4.79 Å². The standard InChI is InChI=1S/C14H26N2O.ClH/c1-10-5-7-14(2,8-6-10)16-13(17)11-3-4-12(15)9-11;/h10-12H,3-9,15H2,1-2H3,(H,16,17);1H. The van der Waals surface area contributed by atoms with Crippen molar-refractivity contribution in [1.82, 2.24) is 5.32 Å². The second-order valence-corrected chi connectivity index (χ2v) is 6.50. The predicted octanol–water partition coefficient (Wildman–Crippen LogP) is 2.62. The number of carbonyl (C=O) groups excluding carboxylic acids is 1. The highest BCUT2D eigenvalue weighted by atomic mass is 35.5. The van der Waals surface area contributed by atoms with Crippen LogP contribution in [0.25, 0.3) is 0 Å². The summed E-state index contributed by atoms with van der Waals surface area (Å²) in [7, 11) is 0. The van der Waals surface area contributed by atoms with Crippen LogP contribution in [-0.4, -0.2) is 17.5 Å².